The maximum Gasteiger partial charge on any atom is 0.149 e. The van der Waals surface area contributed by atoms with E-state index in [9.17, 15) is 0 Å². The lowest BCUT2D eigenvalue weighted by Crippen LogP contribution is -2.26. The first-order valence-electron chi connectivity index (χ1n) is 7.67. The van der Waals surface area contributed by atoms with Gasteiger partial charge in [0.2, 0.25) is 0 Å². The maximum atomic E-state index is 6.19. The molecule has 0 aliphatic rings. The number of hydrogen-bond donors (Lipinski definition) is 1. The van der Waals surface area contributed by atoms with Gasteiger partial charge in [0, 0.05) is 5.56 Å². The Labute approximate surface area is 145 Å². The predicted octanol–water partition coefficient (Wildman–Crippen LogP) is 3.76. The normalized spacial score (nSPS) is 11.5. The number of rotatable bonds is 4. The van der Waals surface area contributed by atoms with E-state index in [-0.39, 0.29) is 5.54 Å². The maximum absolute atomic E-state index is 6.19. The molecule has 0 amide bonds. The topological polar surface area (TPSA) is 68.5 Å². The monoisotopic (exact) mass is 342 g/mol. The Hall–Kier alpha value is -2.47. The summed E-state index contributed by atoms with van der Waals surface area (Å²) >= 11 is 6.19. The zero-order valence-corrected chi connectivity index (χ0v) is 14.6. The summed E-state index contributed by atoms with van der Waals surface area (Å²) in [5.74, 6) is 1.52. The van der Waals surface area contributed by atoms with Gasteiger partial charge < -0.3 is 5.32 Å². The van der Waals surface area contributed by atoms with E-state index in [1.54, 1.807) is 6.33 Å². The van der Waals surface area contributed by atoms with Crippen molar-refractivity contribution >= 4 is 17.4 Å². The smallest absolute Gasteiger partial charge is 0.149 e. The van der Waals surface area contributed by atoms with Gasteiger partial charge in [-0.3, -0.25) is 0 Å². The van der Waals surface area contributed by atoms with Crippen molar-refractivity contribution in [1.29, 1.82) is 0 Å². The van der Waals surface area contributed by atoms with Gasteiger partial charge in [-0.15, -0.1) is 10.2 Å². The summed E-state index contributed by atoms with van der Waals surface area (Å²) in [4.78, 5) is 4.30. The predicted molar refractivity (Wildman–Crippen MR) is 94.8 cm³/mol. The van der Waals surface area contributed by atoms with Crippen LogP contribution in [-0.2, 0) is 12.1 Å². The van der Waals surface area contributed by atoms with Crippen LogP contribution in [0.4, 0.5) is 5.82 Å². The molecular weight excluding hydrogens is 324 g/mol. The first kappa shape index (κ1) is 16.4. The van der Waals surface area contributed by atoms with Crippen molar-refractivity contribution in [2.45, 2.75) is 32.9 Å². The number of halogens is 1. The van der Waals surface area contributed by atoms with E-state index in [0.717, 1.165) is 17.1 Å². The van der Waals surface area contributed by atoms with Crippen LogP contribution in [0.15, 0.2) is 42.7 Å². The Morgan fingerprint density at radius 1 is 1.08 bits per heavy atom. The Morgan fingerprint density at radius 3 is 2.54 bits per heavy atom. The zero-order chi connectivity index (χ0) is 17.2. The van der Waals surface area contributed by atoms with Crippen molar-refractivity contribution in [3.63, 3.8) is 0 Å². The highest BCUT2D eigenvalue weighted by molar-refractivity contribution is 6.33. The van der Waals surface area contributed by atoms with E-state index in [1.807, 2.05) is 41.1 Å². The molecule has 0 atom stereocenters. The minimum Gasteiger partial charge on any atom is -0.361 e. The molecule has 6 nitrogen and oxygen atoms in total. The summed E-state index contributed by atoms with van der Waals surface area (Å²) in [5.41, 5.74) is 1.49. The fraction of sp³-hybridized carbons (Fsp3) is 0.294. The number of hydrogen-bond acceptors (Lipinski definition) is 5. The molecule has 0 saturated carbocycles. The highest BCUT2D eigenvalue weighted by Crippen LogP contribution is 2.25. The van der Waals surface area contributed by atoms with Gasteiger partial charge >= 0.3 is 0 Å². The summed E-state index contributed by atoms with van der Waals surface area (Å²) in [6.45, 7) is 6.79. The first-order valence-corrected chi connectivity index (χ1v) is 8.05. The minimum atomic E-state index is -0.118. The van der Waals surface area contributed by atoms with Crippen LogP contribution in [-0.4, -0.2) is 25.0 Å². The molecule has 0 aliphatic carbocycles. The van der Waals surface area contributed by atoms with Crippen LogP contribution >= 0.6 is 11.6 Å². The second-order valence-corrected chi connectivity index (χ2v) is 6.80. The molecule has 24 heavy (non-hydrogen) atoms. The molecule has 124 valence electrons. The van der Waals surface area contributed by atoms with Crippen LogP contribution in [0.2, 0.25) is 5.02 Å². The Balaban J connectivity index is 1.72. The molecule has 2 aromatic heterocycles. The summed E-state index contributed by atoms with van der Waals surface area (Å²) in [7, 11) is 0. The number of aromatic nitrogens is 5. The molecule has 3 rings (SSSR count). The van der Waals surface area contributed by atoms with E-state index in [0.29, 0.717) is 17.4 Å². The third-order valence-corrected chi connectivity index (χ3v) is 3.83. The largest absolute Gasteiger partial charge is 0.361 e. The van der Waals surface area contributed by atoms with E-state index in [2.05, 4.69) is 46.4 Å². The first-order chi connectivity index (χ1) is 11.4. The third kappa shape index (κ3) is 3.54. The van der Waals surface area contributed by atoms with E-state index >= 15 is 0 Å². The van der Waals surface area contributed by atoms with Gasteiger partial charge in [0.05, 0.1) is 22.8 Å². The van der Waals surface area contributed by atoms with Gasteiger partial charge in [0.15, 0.2) is 0 Å². The molecule has 0 fully saturated rings. The van der Waals surface area contributed by atoms with Crippen molar-refractivity contribution in [2.75, 3.05) is 5.32 Å². The van der Waals surface area contributed by atoms with Gasteiger partial charge in [0.1, 0.15) is 18.0 Å². The summed E-state index contributed by atoms with van der Waals surface area (Å²) in [5, 5.41) is 16.6. The van der Waals surface area contributed by atoms with Crippen molar-refractivity contribution in [3.05, 3.63) is 53.6 Å². The van der Waals surface area contributed by atoms with Crippen molar-refractivity contribution in [3.8, 4) is 11.3 Å². The Morgan fingerprint density at radius 2 is 1.88 bits per heavy atom. The fourth-order valence-electron chi connectivity index (χ4n) is 2.36. The van der Waals surface area contributed by atoms with Crippen molar-refractivity contribution in [1.82, 2.24) is 25.0 Å². The number of anilines is 1. The van der Waals surface area contributed by atoms with E-state index < -0.39 is 0 Å². The number of benzene rings is 1. The number of nitrogens with zero attached hydrogens (tertiary/aromatic N) is 5. The lowest BCUT2D eigenvalue weighted by molar-refractivity contribution is 0.343. The van der Waals surface area contributed by atoms with Gasteiger partial charge in [0.25, 0.3) is 0 Å². The third-order valence-electron chi connectivity index (χ3n) is 3.50. The molecule has 3 aromatic rings. The SMILES string of the molecule is CC(C)(C)n1ncnc1CNc1ccc(-c2ccccc2Cl)nn1. The fourth-order valence-corrected chi connectivity index (χ4v) is 2.59. The second kappa shape index (κ2) is 6.57. The molecule has 0 saturated heterocycles. The van der Waals surface area contributed by atoms with Crippen molar-refractivity contribution in [2.24, 2.45) is 0 Å². The lowest BCUT2D eigenvalue weighted by atomic mass is 10.1. The van der Waals surface area contributed by atoms with Crippen molar-refractivity contribution < 1.29 is 0 Å². The van der Waals surface area contributed by atoms with Crippen LogP contribution in [0, 0.1) is 0 Å². The molecule has 1 N–H and O–H groups in total. The van der Waals surface area contributed by atoms with Crippen LogP contribution in [0.5, 0.6) is 0 Å². The van der Waals surface area contributed by atoms with E-state index in [1.165, 1.54) is 0 Å². The van der Waals surface area contributed by atoms with Gasteiger partial charge in [-0.25, -0.2) is 9.67 Å². The summed E-state index contributed by atoms with van der Waals surface area (Å²) in [6.07, 6.45) is 1.56. The van der Waals surface area contributed by atoms with Gasteiger partial charge in [-0.1, -0.05) is 29.8 Å². The Kier molecular flexibility index (Phi) is 4.49. The van der Waals surface area contributed by atoms with Crippen LogP contribution in [0.1, 0.15) is 26.6 Å². The number of nitrogens with one attached hydrogen (secondary N) is 1. The summed E-state index contributed by atoms with van der Waals surface area (Å²) in [6, 6.07) is 11.3. The molecule has 0 aliphatic heterocycles. The van der Waals surface area contributed by atoms with Crippen LogP contribution in [0.3, 0.4) is 0 Å². The molecule has 0 bridgehead atoms. The standard InChI is InChI=1S/C17H19ClN6/c1-17(2,3)24-16(20-11-21-24)10-19-15-9-8-14(22-23-15)12-6-4-5-7-13(12)18/h4-9,11H,10H2,1-3H3,(H,19,23). The molecule has 0 radical (unpaired) electrons. The second-order valence-electron chi connectivity index (χ2n) is 6.40. The molecule has 2 heterocycles. The van der Waals surface area contributed by atoms with Crippen LogP contribution < -0.4 is 5.32 Å². The molecule has 0 unspecified atom stereocenters. The molecule has 7 heteroatoms. The van der Waals surface area contributed by atoms with Gasteiger partial charge in [-0.05, 0) is 39.0 Å². The average molecular weight is 343 g/mol. The zero-order valence-electron chi connectivity index (χ0n) is 13.9. The highest BCUT2D eigenvalue weighted by atomic mass is 35.5. The average Bonchev–Trinajstić information content (AvgIpc) is 3.03. The highest BCUT2D eigenvalue weighted by Gasteiger charge is 2.18. The minimum absolute atomic E-state index is 0.118. The molecule has 1 aromatic carbocycles. The summed E-state index contributed by atoms with van der Waals surface area (Å²) < 4.78 is 1.89. The van der Waals surface area contributed by atoms with Crippen LogP contribution in [0.25, 0.3) is 11.3 Å². The van der Waals surface area contributed by atoms with Gasteiger partial charge in [-0.2, -0.15) is 5.10 Å². The quantitative estimate of drug-likeness (QED) is 0.782. The van der Waals surface area contributed by atoms with E-state index in [4.69, 9.17) is 11.6 Å². The lowest BCUT2D eigenvalue weighted by Gasteiger charge is -2.21. The molecule has 0 spiro atoms. The Bertz CT molecular complexity index is 820. The molecular formula is C17H19ClN6.